The van der Waals surface area contributed by atoms with Gasteiger partial charge in [0.15, 0.2) is 11.5 Å². The Morgan fingerprint density at radius 3 is 2.11 bits per heavy atom. The summed E-state index contributed by atoms with van der Waals surface area (Å²) in [4.78, 5) is 38.1. The highest BCUT2D eigenvalue weighted by Gasteiger charge is 2.32. The van der Waals surface area contributed by atoms with Gasteiger partial charge in [-0.1, -0.05) is 37.5 Å². The molecule has 3 rings (SSSR count). The van der Waals surface area contributed by atoms with Crippen LogP contribution in [0.1, 0.15) is 53.6 Å². The maximum Gasteiger partial charge on any atom is 0.326 e. The topological polar surface area (TPSA) is 126 Å². The number of amides is 3. The van der Waals surface area contributed by atoms with Crippen LogP contribution in [-0.4, -0.2) is 43.3 Å². The van der Waals surface area contributed by atoms with Crippen molar-refractivity contribution in [3.63, 3.8) is 0 Å². The fourth-order valence-electron chi connectivity index (χ4n) is 4.52. The van der Waals surface area contributed by atoms with E-state index in [1.807, 2.05) is 32.0 Å². The number of methoxy groups -OCH3 is 2. The van der Waals surface area contributed by atoms with Crippen LogP contribution < -0.4 is 25.4 Å². The summed E-state index contributed by atoms with van der Waals surface area (Å²) in [5.74, 6) is -1.25. The molecule has 1 aliphatic rings. The first-order chi connectivity index (χ1) is 16.7. The third kappa shape index (κ3) is 6.23. The van der Waals surface area contributed by atoms with Gasteiger partial charge in [-0.2, -0.15) is 0 Å². The Kier molecular flexibility index (Phi) is 8.57. The number of benzene rings is 2. The Morgan fingerprint density at radius 2 is 1.54 bits per heavy atom. The van der Waals surface area contributed by atoms with Gasteiger partial charge in [0, 0.05) is 11.8 Å². The highest BCUT2D eigenvalue weighted by molar-refractivity contribution is 6.08. The maximum atomic E-state index is 13.3. The third-order valence-corrected chi connectivity index (χ3v) is 6.41. The highest BCUT2D eigenvalue weighted by Crippen LogP contribution is 2.34. The first kappa shape index (κ1) is 25.9. The Balaban J connectivity index is 1.90. The second kappa shape index (κ2) is 11.6. The van der Waals surface area contributed by atoms with Gasteiger partial charge in [0.25, 0.3) is 5.91 Å². The van der Waals surface area contributed by atoms with Crippen LogP contribution in [0, 0.1) is 19.8 Å². The van der Waals surface area contributed by atoms with Crippen molar-refractivity contribution in [3.05, 3.63) is 47.0 Å². The predicted octanol–water partition coefficient (Wildman–Crippen LogP) is 4.73. The van der Waals surface area contributed by atoms with E-state index < -0.39 is 23.9 Å². The lowest BCUT2D eigenvalue weighted by molar-refractivity contribution is -0.141. The van der Waals surface area contributed by atoms with Crippen molar-refractivity contribution in [2.75, 3.05) is 24.9 Å². The average molecular weight is 484 g/mol. The van der Waals surface area contributed by atoms with Crippen molar-refractivity contribution in [1.29, 1.82) is 0 Å². The van der Waals surface area contributed by atoms with Crippen molar-refractivity contribution in [2.45, 2.75) is 52.0 Å². The van der Waals surface area contributed by atoms with Crippen molar-refractivity contribution >= 4 is 29.3 Å². The summed E-state index contributed by atoms with van der Waals surface area (Å²) in [6.07, 6.45) is 4.42. The molecule has 2 aromatic carbocycles. The molecule has 188 valence electrons. The molecule has 4 N–H and O–H groups in total. The van der Waals surface area contributed by atoms with Crippen LogP contribution in [0.4, 0.5) is 16.2 Å². The van der Waals surface area contributed by atoms with E-state index in [0.29, 0.717) is 11.4 Å². The third-order valence-electron chi connectivity index (χ3n) is 6.41. The Hall–Kier alpha value is -3.75. The Morgan fingerprint density at radius 1 is 0.943 bits per heavy atom. The Labute approximate surface area is 205 Å². The van der Waals surface area contributed by atoms with Gasteiger partial charge in [0.05, 0.1) is 25.5 Å². The van der Waals surface area contributed by atoms with Gasteiger partial charge in [-0.25, -0.2) is 9.59 Å². The van der Waals surface area contributed by atoms with E-state index in [9.17, 15) is 19.5 Å². The van der Waals surface area contributed by atoms with Crippen molar-refractivity contribution < 1.29 is 29.0 Å². The summed E-state index contributed by atoms with van der Waals surface area (Å²) in [6.45, 7) is 3.77. The number of carbonyl (C=O) groups is 3. The van der Waals surface area contributed by atoms with Crippen LogP contribution in [-0.2, 0) is 4.79 Å². The second-order valence-corrected chi connectivity index (χ2v) is 8.79. The number of aliphatic carboxylic acids is 1. The summed E-state index contributed by atoms with van der Waals surface area (Å²) in [5, 5.41) is 18.0. The molecule has 0 aromatic heterocycles. The van der Waals surface area contributed by atoms with E-state index in [1.54, 1.807) is 0 Å². The van der Waals surface area contributed by atoms with E-state index in [-0.39, 0.29) is 22.9 Å². The summed E-state index contributed by atoms with van der Waals surface area (Å²) >= 11 is 0. The molecule has 0 radical (unpaired) electrons. The van der Waals surface area contributed by atoms with Gasteiger partial charge in [0.1, 0.15) is 6.04 Å². The van der Waals surface area contributed by atoms with Gasteiger partial charge in [0.2, 0.25) is 0 Å². The number of hydrogen-bond donors (Lipinski definition) is 4. The zero-order valence-electron chi connectivity index (χ0n) is 20.6. The van der Waals surface area contributed by atoms with Crippen molar-refractivity contribution in [3.8, 4) is 11.5 Å². The minimum atomic E-state index is -1.08. The molecular formula is C26H33N3O6. The van der Waals surface area contributed by atoms with E-state index in [2.05, 4.69) is 16.0 Å². The van der Waals surface area contributed by atoms with E-state index in [4.69, 9.17) is 9.47 Å². The summed E-state index contributed by atoms with van der Waals surface area (Å²) in [6, 6.07) is 7.01. The largest absolute Gasteiger partial charge is 0.493 e. The molecule has 9 heteroatoms. The molecule has 35 heavy (non-hydrogen) atoms. The monoisotopic (exact) mass is 483 g/mol. The van der Waals surface area contributed by atoms with Crippen LogP contribution in [0.3, 0.4) is 0 Å². The molecule has 2 aromatic rings. The number of carboxylic acid groups (broad SMARTS) is 1. The smallest absolute Gasteiger partial charge is 0.326 e. The van der Waals surface area contributed by atoms with Gasteiger partial charge >= 0.3 is 12.0 Å². The quantitative estimate of drug-likeness (QED) is 0.430. The molecule has 0 unspecified atom stereocenters. The number of rotatable bonds is 8. The highest BCUT2D eigenvalue weighted by atomic mass is 16.5. The lowest BCUT2D eigenvalue weighted by atomic mass is 9.83. The minimum absolute atomic E-state index is 0.0707. The molecule has 1 atom stereocenters. The molecule has 9 nitrogen and oxygen atoms in total. The summed E-state index contributed by atoms with van der Waals surface area (Å²) in [7, 11) is 2.88. The normalized spacial score (nSPS) is 14.5. The predicted molar refractivity (Wildman–Crippen MR) is 134 cm³/mol. The first-order valence-electron chi connectivity index (χ1n) is 11.7. The summed E-state index contributed by atoms with van der Waals surface area (Å²) in [5.41, 5.74) is 2.68. The number of para-hydroxylation sites is 1. The number of carboxylic acids is 1. The second-order valence-electron chi connectivity index (χ2n) is 8.79. The van der Waals surface area contributed by atoms with Crippen molar-refractivity contribution in [1.82, 2.24) is 5.32 Å². The number of aryl methyl sites for hydroxylation is 2. The molecule has 1 saturated carbocycles. The van der Waals surface area contributed by atoms with Gasteiger partial charge in [-0.05, 0) is 49.8 Å². The number of hydrogen-bond acceptors (Lipinski definition) is 5. The van der Waals surface area contributed by atoms with Gasteiger partial charge in [-0.3, -0.25) is 4.79 Å². The molecule has 0 aliphatic heterocycles. The molecule has 3 amide bonds. The molecule has 1 aliphatic carbocycles. The van der Waals surface area contributed by atoms with Crippen LogP contribution >= 0.6 is 0 Å². The maximum absolute atomic E-state index is 13.3. The van der Waals surface area contributed by atoms with Crippen LogP contribution in [0.15, 0.2) is 30.3 Å². The first-order valence-corrected chi connectivity index (χ1v) is 11.7. The lowest BCUT2D eigenvalue weighted by Gasteiger charge is -2.28. The van der Waals surface area contributed by atoms with E-state index in [0.717, 1.165) is 43.2 Å². The van der Waals surface area contributed by atoms with Crippen molar-refractivity contribution in [2.24, 2.45) is 5.92 Å². The fourth-order valence-corrected chi connectivity index (χ4v) is 4.52. The summed E-state index contributed by atoms with van der Waals surface area (Å²) < 4.78 is 10.7. The van der Waals surface area contributed by atoms with E-state index >= 15 is 0 Å². The molecule has 0 heterocycles. The van der Waals surface area contributed by atoms with E-state index in [1.165, 1.54) is 26.4 Å². The number of urea groups is 1. The van der Waals surface area contributed by atoms with Crippen LogP contribution in [0.5, 0.6) is 11.5 Å². The number of anilines is 2. The Bertz CT molecular complexity index is 1070. The standard InChI is InChI=1S/C26H33N3O6/c1-15-9-8-10-16(2)22(15)29-26(33)27-19-14-21(35-4)20(34-3)13-18(19)24(30)28-23(25(31)32)17-11-6-5-7-12-17/h8-10,13-14,17,23H,5-7,11-12H2,1-4H3,(H,28,30)(H,31,32)(H2,27,29,33)/t23-/m0/s1. The van der Waals surface area contributed by atoms with Gasteiger partial charge < -0.3 is 30.5 Å². The molecule has 0 bridgehead atoms. The zero-order chi connectivity index (χ0) is 25.5. The fraction of sp³-hybridized carbons (Fsp3) is 0.423. The molecular weight excluding hydrogens is 450 g/mol. The number of carbonyl (C=O) groups excluding carboxylic acids is 2. The van der Waals surface area contributed by atoms with Gasteiger partial charge in [-0.15, -0.1) is 0 Å². The minimum Gasteiger partial charge on any atom is -0.493 e. The van der Waals surface area contributed by atoms with Crippen LogP contribution in [0.2, 0.25) is 0 Å². The molecule has 0 saturated heterocycles. The SMILES string of the molecule is COc1cc(NC(=O)Nc2c(C)cccc2C)c(C(=O)N[C@H](C(=O)O)C2CCCCC2)cc1OC. The lowest BCUT2D eigenvalue weighted by Crippen LogP contribution is -2.46. The average Bonchev–Trinajstić information content (AvgIpc) is 2.84. The molecule has 1 fully saturated rings. The van der Waals surface area contributed by atoms with Crippen LogP contribution in [0.25, 0.3) is 0 Å². The number of ether oxygens (including phenoxy) is 2. The molecule has 0 spiro atoms. The zero-order valence-corrected chi connectivity index (χ0v) is 20.6. The number of nitrogens with one attached hydrogen (secondary N) is 3.